The van der Waals surface area contributed by atoms with Crippen LogP contribution in [0.5, 0.6) is 0 Å². The second kappa shape index (κ2) is 9.26. The summed E-state index contributed by atoms with van der Waals surface area (Å²) in [5.74, 6) is 0.907. The molecule has 32 heavy (non-hydrogen) atoms. The fourth-order valence-corrected chi connectivity index (χ4v) is 4.91. The molecule has 0 aliphatic rings. The number of amides is 1. The van der Waals surface area contributed by atoms with E-state index in [1.165, 1.54) is 39.8 Å². The highest BCUT2D eigenvalue weighted by atomic mass is 32.2. The summed E-state index contributed by atoms with van der Waals surface area (Å²) in [7, 11) is 1.92. The molecule has 1 amide bonds. The fraction of sp³-hybridized carbons (Fsp3) is 0.250. The number of benzene rings is 2. The lowest BCUT2D eigenvalue weighted by Crippen LogP contribution is -2.14. The van der Waals surface area contributed by atoms with Crippen molar-refractivity contribution < 1.29 is 4.79 Å². The normalized spacial score (nSPS) is 11.0. The first kappa shape index (κ1) is 22.2. The number of hydrogen-bond donors (Lipinski definition) is 1. The van der Waals surface area contributed by atoms with Gasteiger partial charge in [0.25, 0.3) is 0 Å². The van der Waals surface area contributed by atoms with Crippen molar-refractivity contribution in [1.82, 2.24) is 19.7 Å². The molecule has 2 aromatic heterocycles. The summed E-state index contributed by atoms with van der Waals surface area (Å²) in [4.78, 5) is 17.1. The van der Waals surface area contributed by atoms with Gasteiger partial charge < -0.3 is 9.88 Å². The summed E-state index contributed by atoms with van der Waals surface area (Å²) in [5, 5.41) is 14.8. The van der Waals surface area contributed by atoms with Gasteiger partial charge in [0.2, 0.25) is 5.91 Å². The van der Waals surface area contributed by atoms with Crippen molar-refractivity contribution in [1.29, 1.82) is 0 Å². The molecular formula is C24H25N5OS2. The first-order chi connectivity index (χ1) is 15.3. The quantitative estimate of drug-likeness (QED) is 0.379. The Balaban J connectivity index is 1.41. The number of thioether (sulfide) groups is 1. The van der Waals surface area contributed by atoms with Gasteiger partial charge in [0.05, 0.1) is 11.4 Å². The monoisotopic (exact) mass is 463 g/mol. The Morgan fingerprint density at radius 3 is 2.53 bits per heavy atom. The molecule has 0 unspecified atom stereocenters. The summed E-state index contributed by atoms with van der Waals surface area (Å²) in [6, 6.07) is 12.4. The molecule has 0 bridgehead atoms. The molecule has 164 valence electrons. The molecule has 2 heterocycles. The lowest BCUT2D eigenvalue weighted by Gasteiger charge is -2.07. The molecule has 0 aliphatic heterocycles. The first-order valence-electron chi connectivity index (χ1n) is 10.2. The Morgan fingerprint density at radius 2 is 1.75 bits per heavy atom. The summed E-state index contributed by atoms with van der Waals surface area (Å²) >= 11 is 2.79. The Morgan fingerprint density at radius 1 is 1.00 bits per heavy atom. The molecule has 0 saturated carbocycles. The molecule has 0 aliphatic carbocycles. The van der Waals surface area contributed by atoms with Gasteiger partial charge in [-0.1, -0.05) is 42.1 Å². The summed E-state index contributed by atoms with van der Waals surface area (Å²) in [6.07, 6.45) is 0. The van der Waals surface area contributed by atoms with Crippen LogP contribution in [-0.2, 0) is 11.8 Å². The van der Waals surface area contributed by atoms with E-state index < -0.39 is 0 Å². The largest absolute Gasteiger partial charge is 0.305 e. The molecule has 0 saturated heterocycles. The number of anilines is 1. The molecule has 6 nitrogen and oxygen atoms in total. The number of hydrogen-bond acceptors (Lipinski definition) is 6. The van der Waals surface area contributed by atoms with Crippen LogP contribution in [0.1, 0.15) is 22.3 Å². The predicted octanol–water partition coefficient (Wildman–Crippen LogP) is 5.57. The molecule has 0 spiro atoms. The van der Waals surface area contributed by atoms with E-state index in [0.717, 1.165) is 28.2 Å². The zero-order valence-corrected chi connectivity index (χ0v) is 20.4. The van der Waals surface area contributed by atoms with Gasteiger partial charge in [-0.05, 0) is 56.0 Å². The van der Waals surface area contributed by atoms with Crippen molar-refractivity contribution in [2.24, 2.45) is 7.05 Å². The molecule has 0 radical (unpaired) electrons. The van der Waals surface area contributed by atoms with Crippen molar-refractivity contribution in [3.8, 4) is 22.6 Å². The van der Waals surface area contributed by atoms with Gasteiger partial charge in [0.15, 0.2) is 16.1 Å². The highest BCUT2D eigenvalue weighted by Gasteiger charge is 2.15. The molecular weight excluding hydrogens is 438 g/mol. The van der Waals surface area contributed by atoms with Gasteiger partial charge in [-0.15, -0.1) is 21.5 Å². The van der Waals surface area contributed by atoms with Gasteiger partial charge in [-0.2, -0.15) is 0 Å². The van der Waals surface area contributed by atoms with Gasteiger partial charge in [-0.3, -0.25) is 4.79 Å². The van der Waals surface area contributed by atoms with Crippen LogP contribution in [0.15, 0.2) is 46.9 Å². The fourth-order valence-electron chi connectivity index (χ4n) is 3.48. The van der Waals surface area contributed by atoms with Gasteiger partial charge >= 0.3 is 0 Å². The molecule has 4 aromatic rings. The number of aromatic nitrogens is 4. The van der Waals surface area contributed by atoms with E-state index in [2.05, 4.69) is 53.4 Å². The van der Waals surface area contributed by atoms with Crippen LogP contribution >= 0.6 is 23.1 Å². The van der Waals surface area contributed by atoms with Crippen molar-refractivity contribution in [3.63, 3.8) is 0 Å². The van der Waals surface area contributed by atoms with E-state index >= 15 is 0 Å². The zero-order chi connectivity index (χ0) is 22.8. The third-order valence-electron chi connectivity index (χ3n) is 5.42. The van der Waals surface area contributed by atoms with E-state index in [1.807, 2.05) is 48.2 Å². The highest BCUT2D eigenvalue weighted by molar-refractivity contribution is 7.99. The molecule has 1 N–H and O–H groups in total. The maximum atomic E-state index is 12.5. The number of aryl methyl sites for hydroxylation is 4. The van der Waals surface area contributed by atoms with Crippen molar-refractivity contribution in [2.75, 3.05) is 11.1 Å². The Hall–Kier alpha value is -2.97. The number of carbonyl (C=O) groups is 1. The van der Waals surface area contributed by atoms with Crippen LogP contribution in [0.25, 0.3) is 22.6 Å². The Labute approximate surface area is 196 Å². The number of carbonyl (C=O) groups excluding carboxylic acids is 1. The average Bonchev–Trinajstić information content (AvgIpc) is 3.36. The highest BCUT2D eigenvalue weighted by Crippen LogP contribution is 2.30. The lowest BCUT2D eigenvalue weighted by atomic mass is 9.99. The first-order valence-corrected chi connectivity index (χ1v) is 12.1. The molecule has 2 aromatic carbocycles. The van der Waals surface area contributed by atoms with Crippen LogP contribution in [-0.4, -0.2) is 31.4 Å². The van der Waals surface area contributed by atoms with Crippen molar-refractivity contribution >= 4 is 34.1 Å². The average molecular weight is 464 g/mol. The zero-order valence-electron chi connectivity index (χ0n) is 18.8. The molecule has 4 rings (SSSR count). The maximum absolute atomic E-state index is 12.5. The summed E-state index contributed by atoms with van der Waals surface area (Å²) < 4.78 is 1.92. The number of rotatable bonds is 6. The van der Waals surface area contributed by atoms with Crippen LogP contribution < -0.4 is 5.32 Å². The third kappa shape index (κ3) is 4.61. The van der Waals surface area contributed by atoms with E-state index in [1.54, 1.807) is 0 Å². The molecule has 8 heteroatoms. The van der Waals surface area contributed by atoms with Gasteiger partial charge in [0, 0.05) is 23.6 Å². The van der Waals surface area contributed by atoms with Crippen LogP contribution in [0.2, 0.25) is 0 Å². The number of nitrogens with one attached hydrogen (secondary N) is 1. The van der Waals surface area contributed by atoms with Crippen molar-refractivity contribution in [3.05, 3.63) is 64.0 Å². The van der Waals surface area contributed by atoms with E-state index in [-0.39, 0.29) is 11.7 Å². The Kier molecular flexibility index (Phi) is 6.43. The van der Waals surface area contributed by atoms with Crippen LogP contribution in [0, 0.1) is 27.7 Å². The lowest BCUT2D eigenvalue weighted by molar-refractivity contribution is -0.113. The SMILES string of the molecule is Cc1cc(C)c(-c2csc(NC(=O)CSc3nnc(-c4ccccc4C)n3C)n2)cc1C. The second-order valence-electron chi connectivity index (χ2n) is 7.81. The van der Waals surface area contributed by atoms with E-state index in [9.17, 15) is 4.79 Å². The number of nitrogens with zero attached hydrogens (tertiary/aromatic N) is 4. The van der Waals surface area contributed by atoms with Gasteiger partial charge in [-0.25, -0.2) is 4.98 Å². The van der Waals surface area contributed by atoms with Crippen LogP contribution in [0.3, 0.4) is 0 Å². The summed E-state index contributed by atoms with van der Waals surface area (Å²) in [5.41, 5.74) is 7.83. The third-order valence-corrected chi connectivity index (χ3v) is 7.20. The second-order valence-corrected chi connectivity index (χ2v) is 9.61. The van der Waals surface area contributed by atoms with Crippen molar-refractivity contribution in [2.45, 2.75) is 32.9 Å². The predicted molar refractivity (Wildman–Crippen MR) is 132 cm³/mol. The van der Waals surface area contributed by atoms with E-state index in [4.69, 9.17) is 0 Å². The van der Waals surface area contributed by atoms with Crippen LogP contribution in [0.4, 0.5) is 5.13 Å². The smallest absolute Gasteiger partial charge is 0.236 e. The maximum Gasteiger partial charge on any atom is 0.236 e. The van der Waals surface area contributed by atoms with E-state index in [0.29, 0.717) is 10.3 Å². The minimum absolute atomic E-state index is 0.117. The standard InChI is InChI=1S/C24H25N5OS2/c1-14-8-6-7-9-18(14)22-27-28-24(29(22)5)32-13-21(30)26-23-25-20(12-31-23)19-11-16(3)15(2)10-17(19)4/h6-12H,13H2,1-5H3,(H,25,26,30). The summed E-state index contributed by atoms with van der Waals surface area (Å²) in [6.45, 7) is 8.34. The topological polar surface area (TPSA) is 72.7 Å². The molecule has 0 fully saturated rings. The minimum Gasteiger partial charge on any atom is -0.305 e. The van der Waals surface area contributed by atoms with Gasteiger partial charge in [0.1, 0.15) is 0 Å². The minimum atomic E-state index is -0.117. The molecule has 0 atom stereocenters. The Bertz CT molecular complexity index is 1290. The number of thiazole rings is 1.